The van der Waals surface area contributed by atoms with Gasteiger partial charge in [-0.15, -0.1) is 11.3 Å². The minimum absolute atomic E-state index is 0.0636. The Hall–Kier alpha value is -1.16. The molecule has 0 saturated carbocycles. The number of rotatable bonds is 2. The van der Waals surface area contributed by atoms with Gasteiger partial charge in [-0.25, -0.2) is 18.1 Å². The smallest absolute Gasteiger partial charge is 0.273 e. The van der Waals surface area contributed by atoms with E-state index in [9.17, 15) is 8.42 Å². The van der Waals surface area contributed by atoms with E-state index in [0.29, 0.717) is 24.1 Å². The molecule has 0 amide bonds. The fraction of sp³-hybridized carbons (Fsp3) is 0.538. The third-order valence-corrected chi connectivity index (χ3v) is 6.97. The molecule has 1 aromatic rings. The Morgan fingerprint density at radius 1 is 1.48 bits per heavy atom. The minimum atomic E-state index is -3.72. The molecule has 10 heteroatoms. The Morgan fingerprint density at radius 3 is 2.83 bits per heavy atom. The first-order chi connectivity index (χ1) is 10.9. The van der Waals surface area contributed by atoms with Crippen molar-refractivity contribution in [2.24, 2.45) is 15.5 Å². The van der Waals surface area contributed by atoms with Crippen LogP contribution in [0.2, 0.25) is 4.34 Å². The summed E-state index contributed by atoms with van der Waals surface area (Å²) in [6.45, 7) is 1.98. The predicted molar refractivity (Wildman–Crippen MR) is 90.7 cm³/mol. The second-order valence-electron chi connectivity index (χ2n) is 5.49. The molecule has 0 bridgehead atoms. The molecule has 0 radical (unpaired) electrons. The van der Waals surface area contributed by atoms with Gasteiger partial charge < -0.3 is 4.74 Å². The molecule has 2 aliphatic rings. The molecule has 1 saturated heterocycles. The standard InChI is InChI=1S/C13H17ClN4O3S2/c1-15-12(17-23(19,20)11-3-2-10(14)22-11)18-9-13(8-16-18)4-6-21-7-5-13/h2-3,8H,4-7,9H2,1H3,(H,15,17). The lowest BCUT2D eigenvalue weighted by Gasteiger charge is -2.31. The normalized spacial score (nSPS) is 21.1. The number of aliphatic imine (C=N–C) groups is 1. The van der Waals surface area contributed by atoms with E-state index in [1.807, 2.05) is 6.21 Å². The first-order valence-corrected chi connectivity index (χ1v) is 9.77. The predicted octanol–water partition coefficient (Wildman–Crippen LogP) is 1.76. The summed E-state index contributed by atoms with van der Waals surface area (Å²) in [6, 6.07) is 3.02. The second kappa shape index (κ2) is 6.39. The molecule has 3 heterocycles. The van der Waals surface area contributed by atoms with Crippen molar-refractivity contribution in [1.82, 2.24) is 9.73 Å². The Bertz CT molecular complexity index is 738. The van der Waals surface area contributed by atoms with Crippen molar-refractivity contribution in [3.8, 4) is 0 Å². The van der Waals surface area contributed by atoms with Gasteiger partial charge in [-0.05, 0) is 25.0 Å². The van der Waals surface area contributed by atoms with Crippen molar-refractivity contribution in [2.75, 3.05) is 26.8 Å². The number of nitrogens with one attached hydrogen (secondary N) is 1. The molecule has 0 unspecified atom stereocenters. The summed E-state index contributed by atoms with van der Waals surface area (Å²) in [6.07, 6.45) is 3.63. The number of hydrazone groups is 1. The van der Waals surface area contributed by atoms with Crippen molar-refractivity contribution >= 4 is 45.1 Å². The molecule has 1 fully saturated rings. The van der Waals surface area contributed by atoms with E-state index < -0.39 is 10.0 Å². The molecule has 0 aliphatic carbocycles. The summed E-state index contributed by atoms with van der Waals surface area (Å²) in [5.41, 5.74) is -0.0636. The first kappa shape index (κ1) is 16.7. The lowest BCUT2D eigenvalue weighted by atomic mass is 9.82. The van der Waals surface area contributed by atoms with Crippen LogP contribution in [0.3, 0.4) is 0 Å². The van der Waals surface area contributed by atoms with Gasteiger partial charge in [0.2, 0.25) is 5.96 Å². The summed E-state index contributed by atoms with van der Waals surface area (Å²) in [7, 11) is -2.19. The largest absolute Gasteiger partial charge is 0.381 e. The first-order valence-electron chi connectivity index (χ1n) is 7.10. The maximum Gasteiger partial charge on any atom is 0.273 e. The summed E-state index contributed by atoms with van der Waals surface area (Å²) >= 11 is 6.81. The van der Waals surface area contributed by atoms with Crippen LogP contribution in [0.4, 0.5) is 0 Å². The fourth-order valence-corrected chi connectivity index (χ4v) is 5.13. The number of hydrogen-bond acceptors (Lipinski definition) is 6. The van der Waals surface area contributed by atoms with Gasteiger partial charge in [0.05, 0.1) is 10.9 Å². The molecule has 1 aromatic heterocycles. The number of sulfonamides is 1. The molecule has 3 rings (SSSR count). The Morgan fingerprint density at radius 2 is 2.22 bits per heavy atom. The number of halogens is 1. The van der Waals surface area contributed by atoms with Crippen molar-refractivity contribution in [1.29, 1.82) is 0 Å². The van der Waals surface area contributed by atoms with Crippen LogP contribution in [0.5, 0.6) is 0 Å². The molecule has 1 spiro atoms. The van der Waals surface area contributed by atoms with E-state index in [4.69, 9.17) is 16.3 Å². The zero-order valence-corrected chi connectivity index (χ0v) is 14.9. The van der Waals surface area contributed by atoms with Gasteiger partial charge in [-0.1, -0.05) is 11.6 Å². The number of guanidine groups is 1. The van der Waals surface area contributed by atoms with Gasteiger partial charge in [0.1, 0.15) is 4.21 Å². The van der Waals surface area contributed by atoms with Crippen LogP contribution < -0.4 is 4.72 Å². The molecule has 1 N–H and O–H groups in total. The van der Waals surface area contributed by atoms with E-state index in [1.165, 1.54) is 13.1 Å². The number of ether oxygens (including phenoxy) is 1. The van der Waals surface area contributed by atoms with Crippen LogP contribution in [-0.2, 0) is 14.8 Å². The van der Waals surface area contributed by atoms with Crippen LogP contribution >= 0.6 is 22.9 Å². The highest BCUT2D eigenvalue weighted by atomic mass is 35.5. The zero-order valence-electron chi connectivity index (χ0n) is 12.5. The average Bonchev–Trinajstić information content (AvgIpc) is 3.13. The number of nitrogens with zero attached hydrogens (tertiary/aromatic N) is 3. The second-order valence-corrected chi connectivity index (χ2v) is 9.11. The topological polar surface area (TPSA) is 83.4 Å². The van der Waals surface area contributed by atoms with E-state index in [2.05, 4.69) is 14.8 Å². The molecule has 23 heavy (non-hydrogen) atoms. The van der Waals surface area contributed by atoms with E-state index >= 15 is 0 Å². The highest BCUT2D eigenvalue weighted by Gasteiger charge is 2.39. The van der Waals surface area contributed by atoms with Crippen LogP contribution in [0.15, 0.2) is 26.4 Å². The van der Waals surface area contributed by atoms with Crippen LogP contribution in [0.25, 0.3) is 0 Å². The molecule has 0 aromatic carbocycles. The zero-order chi connectivity index (χ0) is 16.5. The van der Waals surface area contributed by atoms with E-state index in [0.717, 1.165) is 24.2 Å². The molecule has 7 nitrogen and oxygen atoms in total. The van der Waals surface area contributed by atoms with Gasteiger partial charge >= 0.3 is 0 Å². The van der Waals surface area contributed by atoms with Crippen LogP contribution in [0, 0.1) is 5.41 Å². The molecule has 0 atom stereocenters. The van der Waals surface area contributed by atoms with Crippen LogP contribution in [-0.4, -0.2) is 52.4 Å². The van der Waals surface area contributed by atoms with Crippen LogP contribution in [0.1, 0.15) is 12.8 Å². The quantitative estimate of drug-likeness (QED) is 0.629. The third kappa shape index (κ3) is 3.52. The molecule has 126 valence electrons. The lowest BCUT2D eigenvalue weighted by molar-refractivity contribution is 0.0453. The summed E-state index contributed by atoms with van der Waals surface area (Å²) in [4.78, 5) is 4.04. The van der Waals surface area contributed by atoms with Gasteiger partial charge in [0.15, 0.2) is 0 Å². The van der Waals surface area contributed by atoms with Gasteiger partial charge in [-0.3, -0.25) is 4.99 Å². The van der Waals surface area contributed by atoms with Gasteiger partial charge in [0.25, 0.3) is 10.0 Å². The number of hydrogen-bond donors (Lipinski definition) is 1. The minimum Gasteiger partial charge on any atom is -0.381 e. The Kier molecular flexibility index (Phi) is 4.63. The third-order valence-electron chi connectivity index (χ3n) is 3.92. The molecular formula is C13H17ClN4O3S2. The summed E-state index contributed by atoms with van der Waals surface area (Å²) < 4.78 is 33.2. The van der Waals surface area contributed by atoms with Gasteiger partial charge in [-0.2, -0.15) is 5.10 Å². The highest BCUT2D eigenvalue weighted by molar-refractivity contribution is 7.92. The lowest BCUT2D eigenvalue weighted by Crippen LogP contribution is -2.44. The molecule has 2 aliphatic heterocycles. The average molecular weight is 377 g/mol. The summed E-state index contributed by atoms with van der Waals surface area (Å²) in [5.74, 6) is 0.203. The van der Waals surface area contributed by atoms with Gasteiger partial charge in [0, 0.05) is 31.9 Å². The fourth-order valence-electron chi connectivity index (χ4n) is 2.59. The Labute approximate surface area is 144 Å². The maximum absolute atomic E-state index is 12.4. The molecular weight excluding hydrogens is 360 g/mol. The van der Waals surface area contributed by atoms with E-state index in [1.54, 1.807) is 11.1 Å². The Balaban J connectivity index is 1.73. The monoisotopic (exact) mass is 376 g/mol. The van der Waals surface area contributed by atoms with Crippen molar-refractivity contribution < 1.29 is 13.2 Å². The summed E-state index contributed by atoms with van der Waals surface area (Å²) in [5, 5.41) is 5.93. The van der Waals surface area contributed by atoms with Crippen molar-refractivity contribution in [3.63, 3.8) is 0 Å². The maximum atomic E-state index is 12.4. The van der Waals surface area contributed by atoms with Crippen molar-refractivity contribution in [3.05, 3.63) is 16.5 Å². The van der Waals surface area contributed by atoms with Crippen molar-refractivity contribution in [2.45, 2.75) is 17.1 Å². The number of thiophene rings is 1. The SMILES string of the molecule is CN=C(NS(=O)(=O)c1ccc(Cl)s1)N1CC2(C=N1)CCOCC2. The van der Waals surface area contributed by atoms with E-state index in [-0.39, 0.29) is 15.6 Å². The highest BCUT2D eigenvalue weighted by Crippen LogP contribution is 2.33.